The standard InChI is InChI=1S/C36H39N5O.Pt/c1-36(2,3)26-15-17-37-35(19-26)40-23-25-22-38(4)18-16-30(25)31-14-13-29(21-34(31)40)42-28-10-8-9-27(20-28)41-24-39(5)32-11-6-7-12-33(32)41;/h6-15,17,19-21,25,30H,16,18,22-23H2,1-5H3;. The molecule has 0 saturated carbocycles. The van der Waals surface area contributed by atoms with Gasteiger partial charge in [0, 0.05) is 12.7 Å². The fraction of sp³-hybridized carbons (Fsp3) is 0.333. The molecule has 1 saturated heterocycles. The number of hydrogen-bond donors (Lipinski definition) is 0. The molecule has 43 heavy (non-hydrogen) atoms. The Labute approximate surface area is 265 Å². The van der Waals surface area contributed by atoms with Crippen LogP contribution in [0.5, 0.6) is 11.5 Å². The van der Waals surface area contributed by atoms with Gasteiger partial charge in [0.15, 0.2) is 0 Å². The van der Waals surface area contributed by atoms with Crippen molar-refractivity contribution in [1.82, 2.24) is 19.0 Å². The molecule has 7 heteroatoms. The van der Waals surface area contributed by atoms with Crippen molar-refractivity contribution >= 4 is 22.5 Å². The minimum absolute atomic E-state index is 0.0554. The van der Waals surface area contributed by atoms with Gasteiger partial charge in [-0.3, -0.25) is 0 Å². The van der Waals surface area contributed by atoms with E-state index in [4.69, 9.17) is 9.72 Å². The molecular weight excluding hydrogens is 714 g/mol. The summed E-state index contributed by atoms with van der Waals surface area (Å²) in [5.41, 5.74) is 7.44. The third kappa shape index (κ3) is 5.19. The number of piperidine rings is 1. The second kappa shape index (κ2) is 10.9. The number of nitrogens with zero attached hydrogens (tertiary/aromatic N) is 5. The predicted molar refractivity (Wildman–Crippen MR) is 170 cm³/mol. The molecule has 7 rings (SSSR count). The molecule has 2 aromatic heterocycles. The number of imidazole rings is 1. The van der Waals surface area contributed by atoms with Crippen LogP contribution in [0, 0.1) is 9.72 Å². The Hall–Kier alpha value is -3.47. The van der Waals surface area contributed by atoms with Crippen LogP contribution in [0.3, 0.4) is 0 Å². The normalized spacial score (nSPS) is 18.9. The minimum Gasteiger partial charge on any atom is 0.00296 e. The molecule has 2 unspecified atom stereocenters. The van der Waals surface area contributed by atoms with Crippen LogP contribution in [0.2, 0.25) is 0 Å². The summed E-state index contributed by atoms with van der Waals surface area (Å²) in [5.74, 6) is 3.80. The first-order valence-corrected chi connectivity index (χ1v) is 16.3. The van der Waals surface area contributed by atoms with Crippen LogP contribution >= 0.6 is 0 Å². The number of benzene rings is 3. The summed E-state index contributed by atoms with van der Waals surface area (Å²) >= 11 is 2.40. The van der Waals surface area contributed by atoms with Gasteiger partial charge in [-0.1, -0.05) is 20.8 Å². The van der Waals surface area contributed by atoms with E-state index in [1.807, 2.05) is 12.3 Å². The zero-order valence-electron chi connectivity index (χ0n) is 25.5. The monoisotopic (exact) mass is 752 g/mol. The van der Waals surface area contributed by atoms with Gasteiger partial charge in [0.25, 0.3) is 0 Å². The second-order valence-electron chi connectivity index (χ2n) is 13.1. The number of para-hydroxylation sites is 2. The molecule has 0 bridgehead atoms. The molecule has 2 atom stereocenters. The molecular formula is C36H39N5OPt. The van der Waals surface area contributed by atoms with E-state index < -0.39 is 0 Å². The van der Waals surface area contributed by atoms with Crippen LogP contribution in [0.25, 0.3) is 16.7 Å². The zero-order chi connectivity index (χ0) is 29.9. The molecule has 0 amide bonds. The summed E-state index contributed by atoms with van der Waals surface area (Å²) in [6.07, 6.45) is 3.15. The SMILES string of the molecule is CN1CCC2c3ccc(Oc4cccc(-n5[c](=[Pt])n(C)c6ccccc65)c4)cc3N(c3cc(C(C)(C)C)ccn3)CC2C1. The third-order valence-electron chi connectivity index (χ3n) is 9.16. The summed E-state index contributed by atoms with van der Waals surface area (Å²) in [4.78, 5) is 9.80. The number of pyridine rings is 1. The van der Waals surface area contributed by atoms with E-state index in [1.54, 1.807) is 0 Å². The molecule has 6 nitrogen and oxygen atoms in total. The number of ether oxygens (including phenoxy) is 1. The van der Waals surface area contributed by atoms with Crippen molar-refractivity contribution < 1.29 is 24.1 Å². The van der Waals surface area contributed by atoms with E-state index in [2.05, 4.69) is 146 Å². The van der Waals surface area contributed by atoms with Gasteiger partial charge >= 0.3 is 197 Å². The summed E-state index contributed by atoms with van der Waals surface area (Å²) in [7, 11) is 4.36. The van der Waals surface area contributed by atoms with Crippen molar-refractivity contribution in [3.05, 3.63) is 100.0 Å². The Balaban J connectivity index is 1.27. The number of aromatic nitrogens is 3. The van der Waals surface area contributed by atoms with Crippen LogP contribution in [-0.2, 0) is 31.8 Å². The first-order valence-electron chi connectivity index (χ1n) is 15.1. The number of likely N-dealkylation sites (tertiary alicyclic amines) is 1. The van der Waals surface area contributed by atoms with Gasteiger partial charge in [-0.15, -0.1) is 0 Å². The van der Waals surface area contributed by atoms with Crippen molar-refractivity contribution in [2.24, 2.45) is 13.0 Å². The third-order valence-corrected chi connectivity index (χ3v) is 10.4. The average molecular weight is 753 g/mol. The van der Waals surface area contributed by atoms with Gasteiger partial charge in [0.1, 0.15) is 0 Å². The van der Waals surface area contributed by atoms with Crippen LogP contribution in [-0.4, -0.2) is 45.7 Å². The molecule has 2 aliphatic rings. The van der Waals surface area contributed by atoms with Gasteiger partial charge in [0.2, 0.25) is 0 Å². The van der Waals surface area contributed by atoms with Gasteiger partial charge in [0.05, 0.1) is 0 Å². The van der Waals surface area contributed by atoms with Crippen molar-refractivity contribution in [3.8, 4) is 17.2 Å². The number of rotatable bonds is 4. The quantitative estimate of drug-likeness (QED) is 0.189. The number of hydrogen-bond acceptors (Lipinski definition) is 4. The molecule has 3 aromatic carbocycles. The van der Waals surface area contributed by atoms with Gasteiger partial charge in [-0.25, -0.2) is 0 Å². The van der Waals surface area contributed by atoms with Crippen LogP contribution in [0.15, 0.2) is 85.1 Å². The Morgan fingerprint density at radius 3 is 2.47 bits per heavy atom. The fourth-order valence-corrected chi connectivity index (χ4v) is 7.70. The molecule has 0 aliphatic carbocycles. The number of anilines is 2. The molecule has 0 spiro atoms. The number of fused-ring (bicyclic) bond motifs is 4. The van der Waals surface area contributed by atoms with E-state index in [-0.39, 0.29) is 5.41 Å². The van der Waals surface area contributed by atoms with Crippen molar-refractivity contribution in [2.75, 3.05) is 31.6 Å². The number of aryl methyl sites for hydroxylation is 1. The molecule has 5 aromatic rings. The second-order valence-corrected chi connectivity index (χ2v) is 14.1. The minimum atomic E-state index is 0.0554. The van der Waals surface area contributed by atoms with Crippen LogP contribution in [0.4, 0.5) is 11.5 Å². The van der Waals surface area contributed by atoms with Crippen molar-refractivity contribution in [3.63, 3.8) is 0 Å². The summed E-state index contributed by atoms with van der Waals surface area (Å²) < 4.78 is 12.3. The average Bonchev–Trinajstić information content (AvgIpc) is 3.25. The van der Waals surface area contributed by atoms with E-state index in [9.17, 15) is 0 Å². The Kier molecular flexibility index (Phi) is 7.18. The maximum atomic E-state index is 6.60. The summed E-state index contributed by atoms with van der Waals surface area (Å²) in [5, 5.41) is 0. The van der Waals surface area contributed by atoms with Gasteiger partial charge < -0.3 is 4.90 Å². The van der Waals surface area contributed by atoms with E-state index in [0.717, 1.165) is 46.4 Å². The Morgan fingerprint density at radius 2 is 1.65 bits per heavy atom. The Bertz CT molecular complexity index is 1880. The van der Waals surface area contributed by atoms with E-state index in [1.165, 1.54) is 34.3 Å². The summed E-state index contributed by atoms with van der Waals surface area (Å²) in [6, 6.07) is 28.0. The molecule has 224 valence electrons. The van der Waals surface area contributed by atoms with Gasteiger partial charge in [-0.05, 0) is 30.6 Å². The summed E-state index contributed by atoms with van der Waals surface area (Å²) in [6.45, 7) is 9.99. The van der Waals surface area contributed by atoms with Crippen molar-refractivity contribution in [1.29, 1.82) is 0 Å². The van der Waals surface area contributed by atoms with Gasteiger partial charge in [-0.2, -0.15) is 0 Å². The molecule has 2 aliphatic heterocycles. The first-order chi connectivity index (χ1) is 20.7. The fourth-order valence-electron chi connectivity index (χ4n) is 6.86. The van der Waals surface area contributed by atoms with E-state index in [0.29, 0.717) is 11.8 Å². The molecule has 4 heterocycles. The molecule has 0 radical (unpaired) electrons. The van der Waals surface area contributed by atoms with Crippen molar-refractivity contribution in [2.45, 2.75) is 38.5 Å². The molecule has 1 fully saturated rings. The van der Waals surface area contributed by atoms with Crippen LogP contribution < -0.4 is 9.64 Å². The maximum absolute atomic E-state index is 6.60. The van der Waals surface area contributed by atoms with Crippen LogP contribution in [0.1, 0.15) is 44.2 Å². The Morgan fingerprint density at radius 1 is 0.860 bits per heavy atom. The zero-order valence-corrected chi connectivity index (χ0v) is 27.8. The van der Waals surface area contributed by atoms with E-state index >= 15 is 0 Å². The first kappa shape index (κ1) is 28.3. The molecule has 0 N–H and O–H groups in total. The topological polar surface area (TPSA) is 38.5 Å². The predicted octanol–water partition coefficient (Wildman–Crippen LogP) is 7.72. The smallest absolute Gasteiger partial charge is 0.00296 e.